The second kappa shape index (κ2) is 8.89. The summed E-state index contributed by atoms with van der Waals surface area (Å²) in [6.45, 7) is 0.0823. The number of anilines is 2. The number of halogens is 1. The highest BCUT2D eigenvalue weighted by atomic mass is 32.2. The number of ether oxygens (including phenoxy) is 1. The zero-order chi connectivity index (χ0) is 25.8. The van der Waals surface area contributed by atoms with E-state index in [0.29, 0.717) is 28.0 Å². The monoisotopic (exact) mass is 524 g/mol. The van der Waals surface area contributed by atoms with E-state index < -0.39 is 36.1 Å². The van der Waals surface area contributed by atoms with E-state index >= 15 is 0 Å². The Kier molecular flexibility index (Phi) is 5.64. The lowest BCUT2D eigenvalue weighted by molar-refractivity contribution is -0.125. The van der Waals surface area contributed by atoms with Gasteiger partial charge in [0.1, 0.15) is 18.0 Å². The number of amides is 3. The average Bonchev–Trinajstić information content (AvgIpc) is 3.45. The summed E-state index contributed by atoms with van der Waals surface area (Å²) in [5.41, 5.74) is 1.46. The molecular weight excluding hydrogens is 503 g/mol. The summed E-state index contributed by atoms with van der Waals surface area (Å²) in [5, 5.41) is 16.8. The third-order valence-corrected chi connectivity index (χ3v) is 7.83. The molecular formula is C25H21FN4O6S. The molecule has 3 aromatic rings. The summed E-state index contributed by atoms with van der Waals surface area (Å²) in [4.78, 5) is 51.5. The van der Waals surface area contributed by atoms with Crippen molar-refractivity contribution in [2.75, 3.05) is 22.5 Å². The summed E-state index contributed by atoms with van der Waals surface area (Å²) in [6, 6.07) is 10.3. The topological polar surface area (TPSA) is 130 Å². The van der Waals surface area contributed by atoms with Crippen LogP contribution < -0.4 is 21.1 Å². The maximum absolute atomic E-state index is 14.7. The van der Waals surface area contributed by atoms with Gasteiger partial charge in [-0.1, -0.05) is 0 Å². The van der Waals surface area contributed by atoms with Gasteiger partial charge in [-0.2, -0.15) is 0 Å². The number of carbonyl (C=O) groups excluding carboxylic acids is 3. The zero-order valence-corrected chi connectivity index (χ0v) is 20.1. The smallest absolute Gasteiger partial charge is 0.414 e. The van der Waals surface area contributed by atoms with E-state index in [1.807, 2.05) is 0 Å². The number of fused-ring (bicyclic) bond motifs is 1. The standard InChI is InChI=1S/C25H21FN4O6S/c26-14-4-1-12-2-6-22(34)30-9-16(23(14)24(12)30)28-20(32)8-17(31)18-10-29(25(35)36-18)13-3-5-19-15(7-13)27-21(33)11-37-19/h1-7,16-18,31H,8-11H2,(H,27,33)(H,28,32)/t16-,17+,18+/m1/s1. The minimum Gasteiger partial charge on any atom is -0.441 e. The number of rotatable bonds is 5. The summed E-state index contributed by atoms with van der Waals surface area (Å²) in [6.07, 6.45) is -3.35. The Balaban J connectivity index is 1.13. The van der Waals surface area contributed by atoms with Crippen molar-refractivity contribution in [2.45, 2.75) is 36.1 Å². The van der Waals surface area contributed by atoms with E-state index in [4.69, 9.17) is 4.74 Å². The van der Waals surface area contributed by atoms with Crippen LogP contribution >= 0.6 is 11.8 Å². The Morgan fingerprint density at radius 1 is 1.19 bits per heavy atom. The van der Waals surface area contributed by atoms with E-state index in [0.717, 1.165) is 4.90 Å². The summed E-state index contributed by atoms with van der Waals surface area (Å²) in [5.74, 6) is -0.919. The van der Waals surface area contributed by atoms with Crippen molar-refractivity contribution in [3.63, 3.8) is 0 Å². The van der Waals surface area contributed by atoms with Gasteiger partial charge in [-0.3, -0.25) is 19.3 Å². The number of hydrogen-bond acceptors (Lipinski definition) is 7. The lowest BCUT2D eigenvalue weighted by atomic mass is 10.0. The summed E-state index contributed by atoms with van der Waals surface area (Å²) >= 11 is 1.40. The first-order valence-electron chi connectivity index (χ1n) is 11.6. The second-order valence-corrected chi connectivity index (χ2v) is 10.1. The number of aliphatic hydroxyl groups is 1. The van der Waals surface area contributed by atoms with Crippen LogP contribution in [0.3, 0.4) is 0 Å². The van der Waals surface area contributed by atoms with Crippen LogP contribution in [0.2, 0.25) is 0 Å². The fraction of sp³-hybridized carbons (Fsp3) is 0.280. The number of aromatic nitrogens is 1. The number of carbonyl (C=O) groups is 3. The molecule has 190 valence electrons. The van der Waals surface area contributed by atoms with Crippen molar-refractivity contribution < 1.29 is 28.6 Å². The minimum absolute atomic E-state index is 0.00531. The minimum atomic E-state index is -1.31. The highest BCUT2D eigenvalue weighted by Gasteiger charge is 2.38. The molecule has 37 heavy (non-hydrogen) atoms. The van der Waals surface area contributed by atoms with Crippen LogP contribution in [0.1, 0.15) is 18.0 Å². The molecule has 0 saturated carbocycles. The molecule has 1 aromatic heterocycles. The van der Waals surface area contributed by atoms with Gasteiger partial charge < -0.3 is 25.0 Å². The molecule has 2 aromatic carbocycles. The lowest BCUT2D eigenvalue weighted by Crippen LogP contribution is -2.38. The largest absolute Gasteiger partial charge is 0.441 e. The van der Waals surface area contributed by atoms with Gasteiger partial charge in [0.25, 0.3) is 5.56 Å². The summed E-state index contributed by atoms with van der Waals surface area (Å²) in [7, 11) is 0. The molecule has 0 radical (unpaired) electrons. The van der Waals surface area contributed by atoms with Gasteiger partial charge in [-0.15, -0.1) is 11.8 Å². The van der Waals surface area contributed by atoms with Crippen LogP contribution in [0.4, 0.5) is 20.6 Å². The van der Waals surface area contributed by atoms with E-state index in [9.17, 15) is 28.7 Å². The first kappa shape index (κ1) is 23.5. The second-order valence-electron chi connectivity index (χ2n) is 9.12. The van der Waals surface area contributed by atoms with Crippen molar-refractivity contribution in [2.24, 2.45) is 0 Å². The number of nitrogens with one attached hydrogen (secondary N) is 2. The Morgan fingerprint density at radius 2 is 2.00 bits per heavy atom. The maximum Gasteiger partial charge on any atom is 0.414 e. The van der Waals surface area contributed by atoms with Crippen LogP contribution in [0.5, 0.6) is 0 Å². The van der Waals surface area contributed by atoms with Crippen molar-refractivity contribution in [3.05, 3.63) is 64.2 Å². The highest BCUT2D eigenvalue weighted by Crippen LogP contribution is 2.36. The molecule has 0 spiro atoms. The van der Waals surface area contributed by atoms with Gasteiger partial charge in [0.2, 0.25) is 11.8 Å². The average molecular weight is 525 g/mol. The molecule has 3 aliphatic heterocycles. The third-order valence-electron chi connectivity index (χ3n) is 6.75. The number of pyridine rings is 1. The third kappa shape index (κ3) is 4.11. The molecule has 1 saturated heterocycles. The molecule has 10 nitrogen and oxygen atoms in total. The predicted octanol–water partition coefficient (Wildman–Crippen LogP) is 2.13. The molecule has 12 heteroatoms. The van der Waals surface area contributed by atoms with E-state index in [-0.39, 0.29) is 36.5 Å². The number of aliphatic hydroxyl groups excluding tert-OH is 1. The molecule has 3 aliphatic rings. The van der Waals surface area contributed by atoms with Gasteiger partial charge >= 0.3 is 6.09 Å². The van der Waals surface area contributed by atoms with Crippen molar-refractivity contribution in [3.8, 4) is 0 Å². The molecule has 1 fully saturated rings. The fourth-order valence-corrected chi connectivity index (χ4v) is 5.80. The quantitative estimate of drug-likeness (QED) is 0.466. The van der Waals surface area contributed by atoms with Gasteiger partial charge in [-0.05, 0) is 41.8 Å². The lowest BCUT2D eigenvalue weighted by Gasteiger charge is -2.20. The van der Waals surface area contributed by atoms with Gasteiger partial charge in [-0.25, -0.2) is 9.18 Å². The van der Waals surface area contributed by atoms with Crippen LogP contribution in [0.15, 0.2) is 52.2 Å². The van der Waals surface area contributed by atoms with Crippen LogP contribution in [0.25, 0.3) is 10.9 Å². The van der Waals surface area contributed by atoms with Gasteiger partial charge in [0.15, 0.2) is 0 Å². The first-order valence-corrected chi connectivity index (χ1v) is 12.6. The first-order chi connectivity index (χ1) is 17.8. The Hall–Kier alpha value is -3.90. The Morgan fingerprint density at radius 3 is 2.84 bits per heavy atom. The predicted molar refractivity (Wildman–Crippen MR) is 133 cm³/mol. The van der Waals surface area contributed by atoms with Crippen LogP contribution in [-0.4, -0.2) is 52.1 Å². The zero-order valence-electron chi connectivity index (χ0n) is 19.3. The molecule has 3 amide bonds. The maximum atomic E-state index is 14.7. The van der Waals surface area contributed by atoms with Gasteiger partial charge in [0, 0.05) is 22.2 Å². The fourth-order valence-electron chi connectivity index (χ4n) is 5.01. The number of nitrogens with zero attached hydrogens (tertiary/aromatic N) is 2. The highest BCUT2D eigenvalue weighted by molar-refractivity contribution is 8.00. The van der Waals surface area contributed by atoms with Crippen LogP contribution in [-0.2, 0) is 20.9 Å². The molecule has 0 unspecified atom stereocenters. The number of hydrogen-bond donors (Lipinski definition) is 3. The molecule has 4 heterocycles. The Bertz CT molecular complexity index is 1540. The molecule has 3 atom stereocenters. The normalized spacial score (nSPS) is 21.0. The number of benzene rings is 2. The van der Waals surface area contributed by atoms with E-state index in [2.05, 4.69) is 10.6 Å². The number of cyclic esters (lactones) is 1. The van der Waals surface area contributed by atoms with Crippen molar-refractivity contribution in [1.82, 2.24) is 9.88 Å². The van der Waals surface area contributed by atoms with Crippen molar-refractivity contribution in [1.29, 1.82) is 0 Å². The van der Waals surface area contributed by atoms with Crippen molar-refractivity contribution >= 4 is 51.9 Å². The van der Waals surface area contributed by atoms with E-state index in [1.165, 1.54) is 33.4 Å². The SMILES string of the molecule is O=C1CSc2ccc(N3C[C@@H]([C@@H](O)CC(=O)N[C@@H]4Cn5c(=O)ccc6ccc(F)c4c65)OC3=O)cc2N1. The van der Waals surface area contributed by atoms with Crippen LogP contribution in [0, 0.1) is 5.82 Å². The molecule has 6 rings (SSSR count). The molecule has 0 bridgehead atoms. The molecule has 0 aliphatic carbocycles. The summed E-state index contributed by atoms with van der Waals surface area (Å²) < 4.78 is 21.4. The van der Waals surface area contributed by atoms with E-state index in [1.54, 1.807) is 30.3 Å². The number of thioether (sulfide) groups is 1. The van der Waals surface area contributed by atoms with Gasteiger partial charge in [0.05, 0.1) is 42.5 Å². The Labute approximate surface area is 213 Å². The molecule has 3 N–H and O–H groups in total.